The van der Waals surface area contributed by atoms with Gasteiger partial charge in [-0.15, -0.1) is 0 Å². The van der Waals surface area contributed by atoms with Crippen LogP contribution in [0.25, 0.3) is 11.6 Å². The van der Waals surface area contributed by atoms with E-state index < -0.39 is 0 Å². The Labute approximate surface area is 228 Å². The Morgan fingerprint density at radius 1 is 1.05 bits per heavy atom. The summed E-state index contributed by atoms with van der Waals surface area (Å²) in [5, 5.41) is 5.91. The lowest BCUT2D eigenvalue weighted by Crippen LogP contribution is -2.36. The second-order valence-corrected chi connectivity index (χ2v) is 10.3. The molecule has 1 aromatic heterocycles. The van der Waals surface area contributed by atoms with E-state index in [2.05, 4.69) is 15.6 Å². The molecule has 1 atom stereocenters. The van der Waals surface area contributed by atoms with Gasteiger partial charge >= 0.3 is 0 Å². The molecule has 39 heavy (non-hydrogen) atoms. The maximum absolute atomic E-state index is 13.3. The molecule has 2 aromatic carbocycles. The molecule has 5 rings (SSSR count). The largest absolute Gasteiger partial charge is 0.497 e. The van der Waals surface area contributed by atoms with E-state index in [-0.39, 0.29) is 23.8 Å². The monoisotopic (exact) mass is 526 g/mol. The van der Waals surface area contributed by atoms with Crippen molar-refractivity contribution >= 4 is 35.1 Å². The zero-order valence-electron chi connectivity index (χ0n) is 22.8. The number of anilines is 1. The van der Waals surface area contributed by atoms with Crippen molar-refractivity contribution in [2.75, 3.05) is 25.5 Å². The molecule has 202 valence electrons. The van der Waals surface area contributed by atoms with Crippen molar-refractivity contribution in [1.82, 2.24) is 15.2 Å². The number of nitrogens with zero attached hydrogens (tertiary/aromatic N) is 1. The number of hydrogen-bond donors (Lipinski definition) is 3. The summed E-state index contributed by atoms with van der Waals surface area (Å²) in [6.07, 6.45) is 4.98. The Morgan fingerprint density at radius 3 is 2.46 bits per heavy atom. The third kappa shape index (κ3) is 5.19. The van der Waals surface area contributed by atoms with E-state index in [0.717, 1.165) is 54.9 Å². The highest BCUT2D eigenvalue weighted by Crippen LogP contribution is 2.35. The molecule has 0 unspecified atom stereocenters. The second kappa shape index (κ2) is 10.8. The molecular formula is C31H34N4O4. The van der Waals surface area contributed by atoms with Gasteiger partial charge in [0.15, 0.2) is 0 Å². The molecule has 0 saturated carbocycles. The number of nitrogens with one attached hydrogen (secondary N) is 3. The van der Waals surface area contributed by atoms with Gasteiger partial charge in [-0.25, -0.2) is 0 Å². The van der Waals surface area contributed by atoms with Crippen LogP contribution in [0.15, 0.2) is 42.5 Å². The number of H-pyrrole nitrogens is 1. The molecule has 0 spiro atoms. The van der Waals surface area contributed by atoms with Crippen LogP contribution in [-0.2, 0) is 4.79 Å². The topological polar surface area (TPSA) is 104 Å². The fourth-order valence-electron chi connectivity index (χ4n) is 5.37. The molecule has 0 aliphatic carbocycles. The molecule has 3 aromatic rings. The number of carbonyl (C=O) groups is 3. The van der Waals surface area contributed by atoms with Gasteiger partial charge in [0.25, 0.3) is 17.7 Å². The van der Waals surface area contributed by atoms with Gasteiger partial charge in [0, 0.05) is 41.3 Å². The van der Waals surface area contributed by atoms with Crippen LogP contribution in [0.2, 0.25) is 0 Å². The Balaban J connectivity index is 1.40. The predicted molar refractivity (Wildman–Crippen MR) is 152 cm³/mol. The highest BCUT2D eigenvalue weighted by atomic mass is 16.5. The van der Waals surface area contributed by atoms with Crippen molar-refractivity contribution in [3.63, 3.8) is 0 Å². The molecule has 8 heteroatoms. The molecule has 0 bridgehead atoms. The first-order valence-electron chi connectivity index (χ1n) is 13.4. The van der Waals surface area contributed by atoms with E-state index in [1.807, 2.05) is 49.9 Å². The van der Waals surface area contributed by atoms with Crippen molar-refractivity contribution in [3.8, 4) is 5.75 Å². The average molecular weight is 527 g/mol. The van der Waals surface area contributed by atoms with Crippen LogP contribution in [-0.4, -0.2) is 47.8 Å². The molecule has 1 saturated heterocycles. The number of methoxy groups -OCH3 is 1. The molecule has 3 heterocycles. The first-order valence-corrected chi connectivity index (χ1v) is 13.4. The number of rotatable bonds is 6. The fraction of sp³-hybridized carbons (Fsp3) is 0.323. The second-order valence-electron chi connectivity index (χ2n) is 10.3. The Kier molecular flexibility index (Phi) is 7.28. The van der Waals surface area contributed by atoms with Crippen LogP contribution < -0.4 is 15.4 Å². The molecule has 2 aliphatic heterocycles. The van der Waals surface area contributed by atoms with E-state index in [1.165, 1.54) is 0 Å². The van der Waals surface area contributed by atoms with Crippen LogP contribution in [0.4, 0.5) is 5.69 Å². The number of aromatic amines is 1. The molecule has 3 N–H and O–H groups in total. The van der Waals surface area contributed by atoms with Gasteiger partial charge in [0.05, 0.1) is 24.3 Å². The minimum atomic E-state index is -0.246. The van der Waals surface area contributed by atoms with Gasteiger partial charge in [-0.1, -0.05) is 12.1 Å². The summed E-state index contributed by atoms with van der Waals surface area (Å²) in [6.45, 7) is 7.27. The number of likely N-dealkylation sites (tertiary alicyclic amines) is 1. The first-order chi connectivity index (χ1) is 18.8. The highest BCUT2D eigenvalue weighted by Gasteiger charge is 2.28. The van der Waals surface area contributed by atoms with E-state index in [9.17, 15) is 14.4 Å². The van der Waals surface area contributed by atoms with Crippen molar-refractivity contribution in [1.29, 1.82) is 0 Å². The van der Waals surface area contributed by atoms with E-state index in [4.69, 9.17) is 4.74 Å². The van der Waals surface area contributed by atoms with Gasteiger partial charge in [-0.2, -0.15) is 0 Å². The minimum absolute atomic E-state index is 0.0341. The molecule has 3 amide bonds. The number of benzene rings is 2. The molecule has 2 aliphatic rings. The third-order valence-electron chi connectivity index (χ3n) is 7.65. The Hall–Kier alpha value is -4.33. The Morgan fingerprint density at radius 2 is 1.77 bits per heavy atom. The number of fused-ring (bicyclic) bond motifs is 1. The standard InChI is InChI=1S/C31H34N4O4/c1-18-27(32-20(3)28(18)31(38)35-14-6-5-7-15-35)17-25-24-16-22(10-13-26(24)34-30(25)37)29(36)33-19(2)21-8-11-23(39-4)12-9-21/h8-13,16-17,19,32H,5-7,14-15H2,1-4H3,(H,33,36)(H,34,37)/b25-17-/t19-/m0/s1. The maximum Gasteiger partial charge on any atom is 0.256 e. The fourth-order valence-corrected chi connectivity index (χ4v) is 5.37. The lowest BCUT2D eigenvalue weighted by Gasteiger charge is -2.27. The smallest absolute Gasteiger partial charge is 0.256 e. The molecule has 1 fully saturated rings. The van der Waals surface area contributed by atoms with Crippen molar-refractivity contribution < 1.29 is 19.1 Å². The van der Waals surface area contributed by atoms with Gasteiger partial charge in [-0.05, 0) is 87.6 Å². The van der Waals surface area contributed by atoms with E-state index in [0.29, 0.717) is 33.6 Å². The predicted octanol–water partition coefficient (Wildman–Crippen LogP) is 5.25. The summed E-state index contributed by atoms with van der Waals surface area (Å²) >= 11 is 0. The summed E-state index contributed by atoms with van der Waals surface area (Å²) in [5.41, 5.74) is 6.15. The van der Waals surface area contributed by atoms with Crippen LogP contribution in [0.3, 0.4) is 0 Å². The SMILES string of the molecule is COc1ccc([C@H](C)NC(=O)c2ccc3c(c2)/C(=C/c2[nH]c(C)c(C(=O)N4CCCCC4)c2C)C(=O)N3)cc1. The van der Waals surface area contributed by atoms with Gasteiger partial charge in [0.2, 0.25) is 0 Å². The van der Waals surface area contributed by atoms with Crippen LogP contribution in [0.1, 0.15) is 81.0 Å². The molecule has 0 radical (unpaired) electrons. The summed E-state index contributed by atoms with van der Waals surface area (Å²) in [4.78, 5) is 44.5. The van der Waals surface area contributed by atoms with Crippen molar-refractivity contribution in [2.45, 2.75) is 46.1 Å². The minimum Gasteiger partial charge on any atom is -0.497 e. The summed E-state index contributed by atoms with van der Waals surface area (Å²) < 4.78 is 5.21. The number of aryl methyl sites for hydroxylation is 1. The average Bonchev–Trinajstić information content (AvgIpc) is 3.42. The lowest BCUT2D eigenvalue weighted by molar-refractivity contribution is -0.110. The van der Waals surface area contributed by atoms with Crippen molar-refractivity contribution in [2.24, 2.45) is 0 Å². The molecule has 8 nitrogen and oxygen atoms in total. The lowest BCUT2D eigenvalue weighted by atomic mass is 10.0. The number of piperidine rings is 1. The van der Waals surface area contributed by atoms with Gasteiger partial charge in [-0.3, -0.25) is 14.4 Å². The third-order valence-corrected chi connectivity index (χ3v) is 7.65. The summed E-state index contributed by atoms with van der Waals surface area (Å²) in [5.74, 6) is 0.306. The van der Waals surface area contributed by atoms with Gasteiger partial charge < -0.3 is 25.3 Å². The zero-order valence-corrected chi connectivity index (χ0v) is 22.8. The normalized spacial score (nSPS) is 16.6. The summed E-state index contributed by atoms with van der Waals surface area (Å²) in [6, 6.07) is 12.5. The Bertz CT molecular complexity index is 1460. The first kappa shape index (κ1) is 26.3. The number of ether oxygens (including phenoxy) is 1. The van der Waals surface area contributed by atoms with Crippen LogP contribution in [0, 0.1) is 13.8 Å². The number of carbonyl (C=O) groups excluding carboxylic acids is 3. The number of amides is 3. The van der Waals surface area contributed by atoms with Gasteiger partial charge in [0.1, 0.15) is 5.75 Å². The maximum atomic E-state index is 13.3. The van der Waals surface area contributed by atoms with Crippen LogP contribution >= 0.6 is 0 Å². The zero-order chi connectivity index (χ0) is 27.7. The van der Waals surface area contributed by atoms with E-state index in [1.54, 1.807) is 31.4 Å². The number of aromatic nitrogens is 1. The number of hydrogen-bond acceptors (Lipinski definition) is 4. The summed E-state index contributed by atoms with van der Waals surface area (Å²) in [7, 11) is 1.61. The van der Waals surface area contributed by atoms with Crippen LogP contribution in [0.5, 0.6) is 5.75 Å². The van der Waals surface area contributed by atoms with Crippen molar-refractivity contribution in [3.05, 3.63) is 81.7 Å². The molecular weight excluding hydrogens is 492 g/mol. The highest BCUT2D eigenvalue weighted by molar-refractivity contribution is 6.35. The van der Waals surface area contributed by atoms with E-state index >= 15 is 0 Å². The quantitative estimate of drug-likeness (QED) is 0.382.